The molecule has 6 aliphatic carbocycles. The number of hydrogen-bond acceptors (Lipinski definition) is 9. The van der Waals surface area contributed by atoms with E-state index in [9.17, 15) is 28.8 Å². The first-order valence-electron chi connectivity index (χ1n) is 26.2. The largest absolute Gasteiger partial charge is 0.329 e. The molecule has 0 saturated heterocycles. The number of hydrogen-bond donors (Lipinski definition) is 3. The zero-order chi connectivity index (χ0) is 49.7. The van der Waals surface area contributed by atoms with Crippen LogP contribution in [0.4, 0.5) is 0 Å². The maximum Gasteiger partial charge on any atom is 0.248 e. The molecule has 12 heteroatoms. The smallest absolute Gasteiger partial charge is 0.248 e. The Morgan fingerprint density at radius 1 is 0.472 bits per heavy atom. The SMILES string of the molecule is O=C1C=C2CCCc3cc(=O)[nH]cc3C2(Cc2ccccn2)CC1.O=C1CC[C@@]2(Cc3ccccn3)c3c[nH]c(=O)cc3CCC[C@@H]2C1.O=C1CC[C@@]2(Cc3ccccn3)c3c[nH]c(=O)cc3CCC[C@H]2C1. The summed E-state index contributed by atoms with van der Waals surface area (Å²) in [4.78, 5) is 93.9. The quantitative estimate of drug-likeness (QED) is 0.147. The second-order valence-corrected chi connectivity index (χ2v) is 21.2. The van der Waals surface area contributed by atoms with Gasteiger partial charge in [-0.05, 0) is 178 Å². The number of H-pyrrole nitrogens is 3. The summed E-state index contributed by atoms with van der Waals surface area (Å²) in [6.45, 7) is 0. The number of fused-ring (bicyclic) bond motifs is 9. The lowest BCUT2D eigenvalue weighted by atomic mass is 9.59. The number of aromatic nitrogens is 6. The zero-order valence-corrected chi connectivity index (χ0v) is 41.1. The van der Waals surface area contributed by atoms with E-state index in [-0.39, 0.29) is 38.7 Å². The Balaban J connectivity index is 0.000000124. The summed E-state index contributed by atoms with van der Waals surface area (Å²) in [5.74, 6) is 1.66. The van der Waals surface area contributed by atoms with Crippen LogP contribution in [0.25, 0.3) is 0 Å². The first-order valence-corrected chi connectivity index (χ1v) is 26.2. The van der Waals surface area contributed by atoms with E-state index in [1.165, 1.54) is 22.3 Å². The van der Waals surface area contributed by atoms with Crippen LogP contribution < -0.4 is 16.7 Å². The molecular formula is C60H64N6O6. The Kier molecular flexibility index (Phi) is 14.2. The van der Waals surface area contributed by atoms with Crippen LogP contribution in [0.2, 0.25) is 0 Å². The highest BCUT2D eigenvalue weighted by Crippen LogP contribution is 2.52. The van der Waals surface area contributed by atoms with E-state index in [1.54, 1.807) is 18.2 Å². The summed E-state index contributed by atoms with van der Waals surface area (Å²) in [6.07, 6.45) is 29.9. The summed E-state index contributed by atoms with van der Waals surface area (Å²) < 4.78 is 0. The molecule has 2 fully saturated rings. The molecule has 0 aromatic carbocycles. The molecule has 6 aromatic rings. The van der Waals surface area contributed by atoms with Crippen molar-refractivity contribution in [2.75, 3.05) is 0 Å². The van der Waals surface area contributed by atoms with Gasteiger partial charge in [-0.15, -0.1) is 0 Å². The van der Waals surface area contributed by atoms with Crippen molar-refractivity contribution in [3.8, 4) is 0 Å². The van der Waals surface area contributed by atoms with Gasteiger partial charge in [0.2, 0.25) is 16.7 Å². The Labute approximate surface area is 419 Å². The van der Waals surface area contributed by atoms with E-state index in [1.807, 2.05) is 85.7 Å². The Morgan fingerprint density at radius 2 is 0.917 bits per heavy atom. The van der Waals surface area contributed by atoms with Gasteiger partial charge in [-0.3, -0.25) is 43.7 Å². The zero-order valence-electron chi connectivity index (χ0n) is 41.1. The van der Waals surface area contributed by atoms with E-state index in [0.29, 0.717) is 55.5 Å². The third kappa shape index (κ3) is 10.1. The number of pyridine rings is 6. The minimum absolute atomic E-state index is 0.0351. The van der Waals surface area contributed by atoms with Gasteiger partial charge in [0, 0.05) is 127 Å². The molecule has 0 bridgehead atoms. The van der Waals surface area contributed by atoms with Gasteiger partial charge < -0.3 is 15.0 Å². The predicted molar refractivity (Wildman–Crippen MR) is 276 cm³/mol. The molecule has 6 heterocycles. The third-order valence-electron chi connectivity index (χ3n) is 17.1. The fourth-order valence-electron chi connectivity index (χ4n) is 13.8. The molecule has 72 heavy (non-hydrogen) atoms. The minimum Gasteiger partial charge on any atom is -0.329 e. The van der Waals surface area contributed by atoms with Gasteiger partial charge in [-0.2, -0.15) is 0 Å². The topological polar surface area (TPSA) is 188 Å². The average Bonchev–Trinajstić information content (AvgIpc) is 3.71. The van der Waals surface area contributed by atoms with Gasteiger partial charge in [0.1, 0.15) is 11.6 Å². The maximum absolute atomic E-state index is 12.1. The second-order valence-electron chi connectivity index (χ2n) is 21.2. The number of allylic oxidation sites excluding steroid dienone is 2. The lowest BCUT2D eigenvalue weighted by molar-refractivity contribution is -0.124. The van der Waals surface area contributed by atoms with Crippen molar-refractivity contribution in [3.05, 3.63) is 203 Å². The lowest BCUT2D eigenvalue weighted by Crippen LogP contribution is -2.43. The highest BCUT2D eigenvalue weighted by molar-refractivity contribution is 5.92. The Hall–Kier alpha value is -6.95. The fraction of sp³-hybridized carbons (Fsp3) is 0.417. The van der Waals surface area contributed by atoms with Gasteiger partial charge in [0.25, 0.3) is 0 Å². The van der Waals surface area contributed by atoms with Crippen LogP contribution in [0.3, 0.4) is 0 Å². The van der Waals surface area contributed by atoms with Crippen LogP contribution in [0.15, 0.2) is 136 Å². The third-order valence-corrected chi connectivity index (χ3v) is 17.1. The fourth-order valence-corrected chi connectivity index (χ4v) is 13.8. The van der Waals surface area contributed by atoms with Gasteiger partial charge in [-0.25, -0.2) is 0 Å². The van der Waals surface area contributed by atoms with Gasteiger partial charge in [-0.1, -0.05) is 23.8 Å². The molecule has 6 aliphatic rings. The van der Waals surface area contributed by atoms with Crippen molar-refractivity contribution in [2.45, 2.75) is 145 Å². The van der Waals surface area contributed by atoms with Crippen molar-refractivity contribution >= 4 is 17.3 Å². The molecule has 6 aromatic heterocycles. The van der Waals surface area contributed by atoms with Crippen molar-refractivity contribution in [2.24, 2.45) is 11.8 Å². The number of nitrogens with one attached hydrogen (secondary N) is 3. The number of carbonyl (C=O) groups excluding carboxylic acids is 3. The van der Waals surface area contributed by atoms with Crippen LogP contribution >= 0.6 is 0 Å². The van der Waals surface area contributed by atoms with Gasteiger partial charge in [0.15, 0.2) is 5.78 Å². The van der Waals surface area contributed by atoms with E-state index < -0.39 is 0 Å². The van der Waals surface area contributed by atoms with Crippen LogP contribution in [0, 0.1) is 11.8 Å². The molecule has 370 valence electrons. The van der Waals surface area contributed by atoms with Gasteiger partial charge >= 0.3 is 0 Å². The standard InChI is InChI=1S/2C20H22N2O2.C20H20N2O2/c3*23-17-7-8-20(12-16-6-1-2-9-21-16)15(11-17)5-3-4-14-10-19(24)22-13-18(14)20/h2*1-2,6,9-10,13,15H,3-5,7-8,11-12H2,(H,22,24);1-2,6,9-11,13H,3-5,7-8,12H2,(H,22,24)/t15-,20+;15-,20-;/m10./s1. The number of aryl methyl sites for hydroxylation is 3. The molecule has 3 N–H and O–H groups in total. The molecule has 12 rings (SSSR count). The summed E-state index contributed by atoms with van der Waals surface area (Å²) >= 11 is 0. The minimum atomic E-state index is -0.224. The van der Waals surface area contributed by atoms with Crippen LogP contribution in [0.1, 0.15) is 140 Å². The van der Waals surface area contributed by atoms with E-state index in [2.05, 4.69) is 42.0 Å². The van der Waals surface area contributed by atoms with E-state index in [4.69, 9.17) is 0 Å². The molecule has 1 unspecified atom stereocenters. The van der Waals surface area contributed by atoms with E-state index in [0.717, 1.165) is 130 Å². The normalized spacial score (nSPS) is 25.2. The molecule has 5 atom stereocenters. The van der Waals surface area contributed by atoms with Crippen molar-refractivity contribution in [1.82, 2.24) is 29.9 Å². The monoisotopic (exact) mass is 964 g/mol. The van der Waals surface area contributed by atoms with Crippen molar-refractivity contribution < 1.29 is 14.4 Å². The number of Topliss-reactive ketones (excluding diaryl/α,β-unsaturated/α-hetero) is 2. The number of aromatic amines is 3. The Morgan fingerprint density at radius 3 is 1.39 bits per heavy atom. The van der Waals surface area contributed by atoms with Crippen LogP contribution in [-0.2, 0) is 69.2 Å². The summed E-state index contributed by atoms with van der Waals surface area (Å²) in [6, 6.07) is 23.2. The summed E-state index contributed by atoms with van der Waals surface area (Å²) in [5, 5.41) is 0. The van der Waals surface area contributed by atoms with Crippen molar-refractivity contribution in [3.63, 3.8) is 0 Å². The maximum atomic E-state index is 12.1. The molecule has 0 amide bonds. The molecule has 0 aliphatic heterocycles. The molecule has 0 radical (unpaired) electrons. The molecule has 2 saturated carbocycles. The Bertz CT molecular complexity index is 3020. The summed E-state index contributed by atoms with van der Waals surface area (Å²) in [7, 11) is 0. The van der Waals surface area contributed by atoms with Crippen molar-refractivity contribution in [1.29, 1.82) is 0 Å². The highest BCUT2D eigenvalue weighted by atomic mass is 16.1. The lowest BCUT2D eigenvalue weighted by Gasteiger charge is -2.44. The van der Waals surface area contributed by atoms with Crippen LogP contribution in [-0.4, -0.2) is 47.3 Å². The molecule has 0 spiro atoms. The first-order chi connectivity index (χ1) is 35.0. The number of rotatable bonds is 6. The first kappa shape index (κ1) is 48.7. The highest BCUT2D eigenvalue weighted by Gasteiger charge is 2.48. The predicted octanol–water partition coefficient (Wildman–Crippen LogP) is 8.79. The van der Waals surface area contributed by atoms with Crippen LogP contribution in [0.5, 0.6) is 0 Å². The second kappa shape index (κ2) is 21.0. The van der Waals surface area contributed by atoms with Gasteiger partial charge in [0.05, 0.1) is 0 Å². The molecular weight excluding hydrogens is 901 g/mol. The number of carbonyl (C=O) groups is 3. The van der Waals surface area contributed by atoms with E-state index >= 15 is 0 Å². The molecule has 12 nitrogen and oxygen atoms in total. The number of ketones is 3. The number of nitrogens with zero attached hydrogens (tertiary/aromatic N) is 3. The average molecular weight is 965 g/mol. The summed E-state index contributed by atoms with van der Waals surface area (Å²) in [5.41, 5.74) is 10.9.